The fourth-order valence-corrected chi connectivity index (χ4v) is 2.29. The van der Waals surface area contributed by atoms with Gasteiger partial charge in [-0.1, -0.05) is 12.1 Å². The van der Waals surface area contributed by atoms with Crippen molar-refractivity contribution in [3.05, 3.63) is 83.1 Å². The summed E-state index contributed by atoms with van der Waals surface area (Å²) in [6, 6.07) is 8.60. The minimum Gasteiger partial charge on any atom is -0.508 e. The van der Waals surface area contributed by atoms with E-state index in [2.05, 4.69) is 0 Å². The van der Waals surface area contributed by atoms with E-state index in [9.17, 15) is 18.7 Å². The van der Waals surface area contributed by atoms with Crippen LogP contribution in [0, 0.1) is 11.6 Å². The Balaban J connectivity index is 2.16. The molecule has 0 saturated carbocycles. The number of carbonyl (C=O) groups is 1. The molecule has 6 heteroatoms. The lowest BCUT2D eigenvalue weighted by Crippen LogP contribution is -1.93. The SMILES string of the molecule is COc1cccc(F)c1/C=C/C(=O)C=C(O)/C=C/c1c(F)cccc1OC. The second-order valence-electron chi connectivity index (χ2n) is 5.35. The number of aliphatic hydroxyl groups excluding tert-OH is 1. The number of rotatable bonds is 7. The number of allylic oxidation sites excluding steroid dienone is 3. The Labute approximate surface area is 155 Å². The zero-order valence-electron chi connectivity index (χ0n) is 14.8. The molecule has 0 radical (unpaired) electrons. The van der Waals surface area contributed by atoms with Gasteiger partial charge in [-0.3, -0.25) is 4.79 Å². The molecule has 140 valence electrons. The average Bonchev–Trinajstić information content (AvgIpc) is 2.65. The molecular formula is C21H18F2O4. The number of halogens is 2. The van der Waals surface area contributed by atoms with Gasteiger partial charge in [0.05, 0.1) is 25.3 Å². The molecule has 0 spiro atoms. The minimum atomic E-state index is -0.581. The van der Waals surface area contributed by atoms with Crippen molar-refractivity contribution in [1.29, 1.82) is 0 Å². The Kier molecular flexibility index (Phi) is 6.88. The van der Waals surface area contributed by atoms with Crippen molar-refractivity contribution in [1.82, 2.24) is 0 Å². The number of hydrogen-bond acceptors (Lipinski definition) is 4. The second kappa shape index (κ2) is 9.33. The standard InChI is InChI=1S/C21H18F2O4/c1-26-20-7-3-5-18(22)16(20)11-9-14(24)13-15(25)10-12-17-19(23)6-4-8-21(17)27-2/h3-13,24H,1-2H3/b11-9+,12-10+,14-13?. The summed E-state index contributed by atoms with van der Waals surface area (Å²) in [5, 5.41) is 9.85. The number of benzene rings is 2. The molecule has 0 heterocycles. The number of ketones is 1. The molecule has 4 nitrogen and oxygen atoms in total. The van der Waals surface area contributed by atoms with Gasteiger partial charge in [0.15, 0.2) is 5.78 Å². The van der Waals surface area contributed by atoms with Gasteiger partial charge in [-0.05, 0) is 48.6 Å². The summed E-state index contributed by atoms with van der Waals surface area (Å²) in [7, 11) is 2.79. The maximum Gasteiger partial charge on any atom is 0.182 e. The van der Waals surface area contributed by atoms with E-state index in [0.29, 0.717) is 0 Å². The number of carbonyl (C=O) groups excluding carboxylic acids is 1. The van der Waals surface area contributed by atoms with Crippen LogP contribution in [-0.4, -0.2) is 25.1 Å². The highest BCUT2D eigenvalue weighted by Crippen LogP contribution is 2.23. The topological polar surface area (TPSA) is 55.8 Å². The van der Waals surface area contributed by atoms with Crippen molar-refractivity contribution in [2.45, 2.75) is 0 Å². The predicted octanol–water partition coefficient (Wildman–Crippen LogP) is 4.72. The number of ether oxygens (including phenoxy) is 2. The maximum atomic E-state index is 13.8. The molecule has 0 bridgehead atoms. The second-order valence-corrected chi connectivity index (χ2v) is 5.35. The summed E-state index contributed by atoms with van der Waals surface area (Å²) >= 11 is 0. The van der Waals surface area contributed by atoms with Crippen LogP contribution in [0.2, 0.25) is 0 Å². The Morgan fingerprint density at radius 1 is 0.889 bits per heavy atom. The van der Waals surface area contributed by atoms with Crippen LogP contribution >= 0.6 is 0 Å². The van der Waals surface area contributed by atoms with Gasteiger partial charge in [0.1, 0.15) is 28.9 Å². The van der Waals surface area contributed by atoms with Crippen LogP contribution in [0.3, 0.4) is 0 Å². The molecule has 0 aliphatic carbocycles. The molecule has 0 atom stereocenters. The van der Waals surface area contributed by atoms with Gasteiger partial charge in [-0.25, -0.2) is 8.78 Å². The van der Waals surface area contributed by atoms with Crippen molar-refractivity contribution in [3.63, 3.8) is 0 Å². The smallest absolute Gasteiger partial charge is 0.182 e. The van der Waals surface area contributed by atoms with Crippen molar-refractivity contribution in [2.24, 2.45) is 0 Å². The third kappa shape index (κ3) is 5.28. The molecule has 27 heavy (non-hydrogen) atoms. The fourth-order valence-electron chi connectivity index (χ4n) is 2.29. The molecule has 0 amide bonds. The van der Waals surface area contributed by atoms with Gasteiger partial charge in [-0.2, -0.15) is 0 Å². The predicted molar refractivity (Wildman–Crippen MR) is 99.7 cm³/mol. The van der Waals surface area contributed by atoms with E-state index in [4.69, 9.17) is 9.47 Å². The van der Waals surface area contributed by atoms with Gasteiger partial charge < -0.3 is 14.6 Å². The molecule has 2 rings (SSSR count). The first-order valence-corrected chi connectivity index (χ1v) is 7.92. The lowest BCUT2D eigenvalue weighted by molar-refractivity contribution is -0.110. The zero-order chi connectivity index (χ0) is 19.8. The Hall–Kier alpha value is -3.41. The van der Waals surface area contributed by atoms with Crippen LogP contribution in [0.4, 0.5) is 8.78 Å². The summed E-state index contributed by atoms with van der Waals surface area (Å²) in [6.07, 6.45) is 5.72. The summed E-state index contributed by atoms with van der Waals surface area (Å²) in [5.74, 6) is -1.48. The molecule has 1 N–H and O–H groups in total. The summed E-state index contributed by atoms with van der Waals surface area (Å²) in [5.41, 5.74) is 0.256. The van der Waals surface area contributed by atoms with Gasteiger partial charge in [-0.15, -0.1) is 0 Å². The number of hydrogen-bond donors (Lipinski definition) is 1. The van der Waals surface area contributed by atoms with Gasteiger partial charge in [0.2, 0.25) is 0 Å². The van der Waals surface area contributed by atoms with E-state index in [0.717, 1.165) is 18.2 Å². The van der Waals surface area contributed by atoms with Crippen LogP contribution in [0.15, 0.2) is 60.4 Å². The van der Waals surface area contributed by atoms with Crippen LogP contribution in [0.1, 0.15) is 11.1 Å². The maximum absolute atomic E-state index is 13.8. The third-order valence-electron chi connectivity index (χ3n) is 3.59. The van der Waals surface area contributed by atoms with Crippen molar-refractivity contribution in [3.8, 4) is 11.5 Å². The summed E-state index contributed by atoms with van der Waals surface area (Å²) in [6.45, 7) is 0. The summed E-state index contributed by atoms with van der Waals surface area (Å²) < 4.78 is 37.7. The molecule has 2 aromatic carbocycles. The quantitative estimate of drug-likeness (QED) is 0.434. The molecular weight excluding hydrogens is 354 g/mol. The highest BCUT2D eigenvalue weighted by molar-refractivity contribution is 6.02. The molecule has 0 unspecified atom stereocenters. The van der Waals surface area contributed by atoms with Crippen LogP contribution in [0.5, 0.6) is 11.5 Å². The molecule has 0 aliphatic rings. The highest BCUT2D eigenvalue weighted by atomic mass is 19.1. The first kappa shape index (κ1) is 19.9. The van der Waals surface area contributed by atoms with Crippen molar-refractivity contribution in [2.75, 3.05) is 14.2 Å². The fraction of sp³-hybridized carbons (Fsp3) is 0.0952. The third-order valence-corrected chi connectivity index (χ3v) is 3.59. The Morgan fingerprint density at radius 2 is 1.37 bits per heavy atom. The van der Waals surface area contributed by atoms with Crippen molar-refractivity contribution >= 4 is 17.9 Å². The first-order valence-electron chi connectivity index (χ1n) is 7.92. The van der Waals surface area contributed by atoms with Crippen molar-refractivity contribution < 1.29 is 28.2 Å². The average molecular weight is 372 g/mol. The number of aliphatic hydroxyl groups is 1. The van der Waals surface area contributed by atoms with E-state index in [1.54, 1.807) is 12.1 Å². The van der Waals surface area contributed by atoms with Crippen LogP contribution in [-0.2, 0) is 4.79 Å². The molecule has 0 saturated heterocycles. The van der Waals surface area contributed by atoms with E-state index in [1.807, 2.05) is 0 Å². The van der Waals surface area contributed by atoms with Crippen LogP contribution in [0.25, 0.3) is 12.2 Å². The molecule has 0 aromatic heterocycles. The van der Waals surface area contributed by atoms with Gasteiger partial charge >= 0.3 is 0 Å². The largest absolute Gasteiger partial charge is 0.508 e. The Bertz CT molecular complexity index is 914. The molecule has 0 fully saturated rings. The monoisotopic (exact) mass is 372 g/mol. The highest BCUT2D eigenvalue weighted by Gasteiger charge is 2.07. The normalized spacial score (nSPS) is 11.9. The van der Waals surface area contributed by atoms with E-state index < -0.39 is 23.2 Å². The van der Waals surface area contributed by atoms with E-state index in [-0.39, 0.29) is 22.6 Å². The number of methoxy groups -OCH3 is 2. The lowest BCUT2D eigenvalue weighted by Gasteiger charge is -2.05. The molecule has 0 aliphatic heterocycles. The van der Waals surface area contributed by atoms with Crippen LogP contribution < -0.4 is 9.47 Å². The Morgan fingerprint density at radius 3 is 1.85 bits per heavy atom. The van der Waals surface area contributed by atoms with E-state index in [1.165, 1.54) is 50.6 Å². The lowest BCUT2D eigenvalue weighted by atomic mass is 10.1. The summed E-state index contributed by atoms with van der Waals surface area (Å²) in [4.78, 5) is 11.9. The van der Waals surface area contributed by atoms with Gasteiger partial charge in [0.25, 0.3) is 0 Å². The molecule has 2 aromatic rings. The first-order chi connectivity index (χ1) is 13.0. The minimum absolute atomic E-state index is 0.118. The van der Waals surface area contributed by atoms with E-state index >= 15 is 0 Å². The zero-order valence-corrected chi connectivity index (χ0v) is 14.8. The van der Waals surface area contributed by atoms with Gasteiger partial charge in [0, 0.05) is 6.08 Å².